The summed E-state index contributed by atoms with van der Waals surface area (Å²) < 4.78 is 4.02. The van der Waals surface area contributed by atoms with E-state index in [1.54, 1.807) is 18.5 Å². The van der Waals surface area contributed by atoms with Crippen molar-refractivity contribution in [2.24, 2.45) is 0 Å². The number of nitrogens with zero attached hydrogens (tertiary/aromatic N) is 9. The number of benzene rings is 2. The van der Waals surface area contributed by atoms with Gasteiger partial charge in [0, 0.05) is 12.4 Å². The highest BCUT2D eigenvalue weighted by atomic mass is 35.5. The maximum Gasteiger partial charge on any atom is 0.177 e. The van der Waals surface area contributed by atoms with Crippen LogP contribution in [0, 0.1) is 0 Å². The lowest BCUT2D eigenvalue weighted by molar-refractivity contribution is 0.333. The first kappa shape index (κ1) is 28.3. The van der Waals surface area contributed by atoms with Crippen LogP contribution in [0.25, 0.3) is 55.7 Å². The number of likely N-dealkylation sites (tertiary alicyclic amines) is 1. The van der Waals surface area contributed by atoms with Gasteiger partial charge < -0.3 is 4.90 Å². The quantitative estimate of drug-likeness (QED) is 0.191. The molecule has 45 heavy (non-hydrogen) atoms. The van der Waals surface area contributed by atoms with Crippen molar-refractivity contribution < 1.29 is 0 Å². The second kappa shape index (κ2) is 11.7. The van der Waals surface area contributed by atoms with Crippen molar-refractivity contribution in [3.63, 3.8) is 0 Å². The van der Waals surface area contributed by atoms with Gasteiger partial charge >= 0.3 is 0 Å². The van der Waals surface area contributed by atoms with Crippen LogP contribution in [0.1, 0.15) is 25.0 Å². The fourth-order valence-electron chi connectivity index (χ4n) is 6.16. The van der Waals surface area contributed by atoms with Crippen molar-refractivity contribution in [3.05, 3.63) is 93.9 Å². The number of hydrogen-bond donors (Lipinski definition) is 0. The van der Waals surface area contributed by atoms with Gasteiger partial charge in [-0.3, -0.25) is 8.80 Å². The number of hydrogen-bond acceptors (Lipinski definition) is 7. The molecule has 0 aliphatic carbocycles. The molecule has 0 N–H and O–H groups in total. The predicted octanol–water partition coefficient (Wildman–Crippen LogP) is 7.85. The van der Waals surface area contributed by atoms with Crippen LogP contribution in [0.3, 0.4) is 0 Å². The zero-order valence-corrected chi connectivity index (χ0v) is 26.3. The lowest BCUT2D eigenvalue weighted by Gasteiger charge is -2.14. The molecule has 0 unspecified atom stereocenters. The third-order valence-electron chi connectivity index (χ3n) is 8.18. The van der Waals surface area contributed by atoms with E-state index < -0.39 is 0 Å². The van der Waals surface area contributed by atoms with Crippen LogP contribution in [-0.4, -0.2) is 63.2 Å². The molecule has 2 aromatic carbocycles. The summed E-state index contributed by atoms with van der Waals surface area (Å²) in [6.07, 6.45) is 7.92. The minimum absolute atomic E-state index is 0.341. The molecule has 0 saturated carbocycles. The summed E-state index contributed by atoms with van der Waals surface area (Å²) in [6.45, 7) is 3.58. The third-order valence-corrected chi connectivity index (χ3v) is 8.84. The summed E-state index contributed by atoms with van der Waals surface area (Å²) in [5.41, 5.74) is 9.34. The largest absolute Gasteiger partial charge is 0.303 e. The van der Waals surface area contributed by atoms with Crippen LogP contribution in [-0.2, 0) is 6.42 Å². The van der Waals surface area contributed by atoms with Gasteiger partial charge in [0.15, 0.2) is 27.7 Å². The van der Waals surface area contributed by atoms with E-state index in [1.807, 2.05) is 52.9 Å². The summed E-state index contributed by atoms with van der Waals surface area (Å²) in [6, 6.07) is 19.6. The van der Waals surface area contributed by atoms with Crippen molar-refractivity contribution in [2.45, 2.75) is 25.7 Å². The van der Waals surface area contributed by atoms with Gasteiger partial charge in [-0.2, -0.15) is 0 Å². The molecule has 7 heterocycles. The molecule has 0 amide bonds. The molecule has 9 rings (SSSR count). The molecule has 224 valence electrons. The predicted molar refractivity (Wildman–Crippen MR) is 181 cm³/mol. The molecule has 9 nitrogen and oxygen atoms in total. The number of halogens is 3. The Morgan fingerprint density at radius 1 is 0.600 bits per heavy atom. The second-order valence-corrected chi connectivity index (χ2v) is 12.4. The molecule has 0 bridgehead atoms. The molecule has 8 aromatic rings. The Kier molecular flexibility index (Phi) is 7.34. The highest BCUT2D eigenvalue weighted by molar-refractivity contribution is 6.33. The van der Waals surface area contributed by atoms with Crippen molar-refractivity contribution >= 4 is 90.5 Å². The number of pyridine rings is 2. The molecule has 0 radical (unpaired) electrons. The van der Waals surface area contributed by atoms with Gasteiger partial charge in [0.1, 0.15) is 11.0 Å². The van der Waals surface area contributed by atoms with Gasteiger partial charge in [0.2, 0.25) is 0 Å². The Bertz CT molecular complexity index is 2380. The van der Waals surface area contributed by atoms with Crippen LogP contribution in [0.15, 0.2) is 73.1 Å². The zero-order chi connectivity index (χ0) is 30.5. The molecule has 1 aliphatic heterocycles. The molecule has 6 aromatic heterocycles. The van der Waals surface area contributed by atoms with E-state index in [4.69, 9.17) is 44.8 Å². The molecular weight excluding hydrogens is 629 g/mol. The summed E-state index contributed by atoms with van der Waals surface area (Å²) in [5.74, 6) is 0. The van der Waals surface area contributed by atoms with Crippen LogP contribution < -0.4 is 0 Å². The maximum absolute atomic E-state index is 6.19. The van der Waals surface area contributed by atoms with E-state index in [-0.39, 0.29) is 0 Å². The molecule has 1 saturated heterocycles. The van der Waals surface area contributed by atoms with Gasteiger partial charge in [0.05, 0.1) is 37.8 Å². The summed E-state index contributed by atoms with van der Waals surface area (Å²) in [5, 5.41) is 1.48. The SMILES string of the molecule is Clc1cnc2c(c1)nc(CCCN1CCCC1)c1nc3ccccc3n12.Clc1cnc2c(c1)nc(Cl)c1nc3ccccc3n12. The molecule has 0 atom stereocenters. The fourth-order valence-corrected chi connectivity index (χ4v) is 6.68. The molecule has 12 heteroatoms. The number of aryl methyl sites for hydroxylation is 1. The Labute approximate surface area is 272 Å². The first-order valence-corrected chi connectivity index (χ1v) is 16.0. The maximum atomic E-state index is 6.19. The summed E-state index contributed by atoms with van der Waals surface area (Å²) >= 11 is 18.3. The van der Waals surface area contributed by atoms with Crippen molar-refractivity contribution in [1.82, 2.24) is 43.6 Å². The standard InChI is InChI=1S/C20H20ClN5.C13H6Cl2N4/c21-14-12-17-19(22-13-14)26-18-8-2-1-6-15(18)24-20(26)16(23-17)7-5-11-25-9-3-4-10-25;14-7-5-9-12(16-6-7)19-10-4-2-1-3-8(10)18-13(19)11(15)17-9/h1-2,6,8,12-13H,3-5,7,9-11H2;1-6H. The third kappa shape index (κ3) is 5.19. The smallest absolute Gasteiger partial charge is 0.177 e. The average Bonchev–Trinajstić information content (AvgIpc) is 3.79. The van der Waals surface area contributed by atoms with E-state index in [2.05, 4.69) is 35.3 Å². The van der Waals surface area contributed by atoms with Crippen LogP contribution in [0.4, 0.5) is 0 Å². The van der Waals surface area contributed by atoms with Crippen LogP contribution in [0.2, 0.25) is 15.2 Å². The first-order valence-electron chi connectivity index (χ1n) is 14.9. The lowest BCUT2D eigenvalue weighted by atomic mass is 10.2. The van der Waals surface area contributed by atoms with Gasteiger partial charge in [-0.1, -0.05) is 59.1 Å². The van der Waals surface area contributed by atoms with Crippen molar-refractivity contribution in [2.75, 3.05) is 19.6 Å². The second-order valence-electron chi connectivity index (χ2n) is 11.1. The highest BCUT2D eigenvalue weighted by Crippen LogP contribution is 2.27. The normalized spacial score (nSPS) is 13.9. The van der Waals surface area contributed by atoms with E-state index in [0.29, 0.717) is 32.0 Å². The summed E-state index contributed by atoms with van der Waals surface area (Å²) in [7, 11) is 0. The first-order chi connectivity index (χ1) is 22.0. The lowest BCUT2D eigenvalue weighted by Crippen LogP contribution is -2.21. The Morgan fingerprint density at radius 3 is 1.80 bits per heavy atom. The van der Waals surface area contributed by atoms with E-state index >= 15 is 0 Å². The number of para-hydroxylation sites is 4. The van der Waals surface area contributed by atoms with E-state index in [0.717, 1.165) is 64.0 Å². The number of fused-ring (bicyclic) bond motifs is 10. The van der Waals surface area contributed by atoms with Gasteiger partial charge in [-0.25, -0.2) is 29.9 Å². The van der Waals surface area contributed by atoms with Gasteiger partial charge in [-0.15, -0.1) is 0 Å². The molecular formula is C33H26Cl3N9. The Morgan fingerprint density at radius 2 is 1.16 bits per heavy atom. The van der Waals surface area contributed by atoms with E-state index in [1.165, 1.54) is 25.9 Å². The number of imidazole rings is 2. The van der Waals surface area contributed by atoms with Crippen molar-refractivity contribution in [3.8, 4) is 0 Å². The Balaban J connectivity index is 0.000000140. The highest BCUT2D eigenvalue weighted by Gasteiger charge is 2.17. The fraction of sp³-hybridized carbons (Fsp3) is 0.212. The Hall–Kier alpha value is -4.15. The minimum Gasteiger partial charge on any atom is -0.303 e. The minimum atomic E-state index is 0.341. The van der Waals surface area contributed by atoms with Gasteiger partial charge in [0.25, 0.3) is 0 Å². The monoisotopic (exact) mass is 653 g/mol. The number of rotatable bonds is 4. The molecule has 0 spiro atoms. The van der Waals surface area contributed by atoms with Crippen LogP contribution in [0.5, 0.6) is 0 Å². The van der Waals surface area contributed by atoms with E-state index in [9.17, 15) is 0 Å². The van der Waals surface area contributed by atoms with Crippen LogP contribution >= 0.6 is 34.8 Å². The molecule has 1 fully saturated rings. The zero-order valence-electron chi connectivity index (χ0n) is 24.0. The average molecular weight is 655 g/mol. The summed E-state index contributed by atoms with van der Waals surface area (Å²) in [4.78, 5) is 29.9. The topological polar surface area (TPSA) is 89.4 Å². The van der Waals surface area contributed by atoms with Crippen molar-refractivity contribution in [1.29, 1.82) is 0 Å². The van der Waals surface area contributed by atoms with Gasteiger partial charge in [-0.05, 0) is 81.7 Å². The number of aromatic nitrogens is 8. The molecule has 1 aliphatic rings.